The van der Waals surface area contributed by atoms with Gasteiger partial charge in [0.15, 0.2) is 11.5 Å². The zero-order chi connectivity index (χ0) is 28.6. The van der Waals surface area contributed by atoms with Crippen molar-refractivity contribution in [3.05, 3.63) is 71.4 Å². The van der Waals surface area contributed by atoms with Gasteiger partial charge in [0.1, 0.15) is 11.4 Å². The van der Waals surface area contributed by atoms with Crippen LogP contribution in [0.15, 0.2) is 55.0 Å². The summed E-state index contributed by atoms with van der Waals surface area (Å²) in [5, 5.41) is 7.56. The molecule has 40 heavy (non-hydrogen) atoms. The molecule has 0 saturated carbocycles. The number of carbonyl (C=O) groups excluding carboxylic acids is 2. The second-order valence-electron chi connectivity index (χ2n) is 10.7. The molecular weight excluding hydrogens is 537 g/mol. The number of ether oxygens (including phenoxy) is 1. The summed E-state index contributed by atoms with van der Waals surface area (Å²) in [4.78, 5) is 36.7. The summed E-state index contributed by atoms with van der Waals surface area (Å²) in [5.74, 6) is -0.0109. The van der Waals surface area contributed by atoms with E-state index >= 15 is 0 Å². The Morgan fingerprint density at radius 3 is 2.65 bits per heavy atom. The Bertz CT molecular complexity index is 1570. The lowest BCUT2D eigenvalue weighted by molar-refractivity contribution is -0.117. The topological polar surface area (TPSA) is 105 Å². The summed E-state index contributed by atoms with van der Waals surface area (Å²) >= 11 is 6.10. The molecule has 12 heteroatoms. The minimum atomic E-state index is -0.613. The SMILES string of the molecule is CN(Cc1cncc(F)c1Cl)c1ccc2ncc(-c3ccc(N4C[C@@H](NC(=O)OC(C)(C)C)CC4=O)cc3)n2n1. The standard InChI is InChI=1S/C28H29ClFN7O3/c1-28(2,3)40-27(39)33-19-11-25(38)36(16-19)20-7-5-17(6-8-20)22-14-32-23-9-10-24(34-37(22)23)35(4)15-18-12-31-13-21(30)26(18)29/h5-10,12-14,19H,11,15-16H2,1-4H3,(H,33,39)/t19-/m0/s1. The summed E-state index contributed by atoms with van der Waals surface area (Å²) < 4.78 is 20.9. The smallest absolute Gasteiger partial charge is 0.407 e. The zero-order valence-corrected chi connectivity index (χ0v) is 23.3. The highest BCUT2D eigenvalue weighted by Crippen LogP contribution is 2.28. The number of hydrogen-bond donors (Lipinski definition) is 1. The quantitative estimate of drug-likeness (QED) is 0.356. The van der Waals surface area contributed by atoms with E-state index in [0.29, 0.717) is 30.1 Å². The monoisotopic (exact) mass is 565 g/mol. The van der Waals surface area contributed by atoms with Crippen molar-refractivity contribution in [2.75, 3.05) is 23.4 Å². The molecule has 0 spiro atoms. The average molecular weight is 566 g/mol. The number of carbonyl (C=O) groups is 2. The Hall–Kier alpha value is -4.25. The van der Waals surface area contributed by atoms with Crippen molar-refractivity contribution >= 4 is 40.8 Å². The third-order valence-electron chi connectivity index (χ3n) is 6.38. The number of aromatic nitrogens is 4. The van der Waals surface area contributed by atoms with Gasteiger partial charge in [-0.25, -0.2) is 18.7 Å². The van der Waals surface area contributed by atoms with Crippen molar-refractivity contribution in [1.82, 2.24) is 24.9 Å². The van der Waals surface area contributed by atoms with Crippen molar-refractivity contribution in [2.24, 2.45) is 0 Å². The Morgan fingerprint density at radius 2 is 1.93 bits per heavy atom. The van der Waals surface area contributed by atoms with Crippen LogP contribution in [0.25, 0.3) is 16.9 Å². The molecule has 1 fully saturated rings. The number of pyridine rings is 1. The zero-order valence-electron chi connectivity index (χ0n) is 22.6. The third-order valence-corrected chi connectivity index (χ3v) is 6.80. The van der Waals surface area contributed by atoms with Gasteiger partial charge in [0.05, 0.1) is 29.2 Å². The predicted molar refractivity (Wildman–Crippen MR) is 150 cm³/mol. The first-order valence-electron chi connectivity index (χ1n) is 12.7. The van der Waals surface area contributed by atoms with Gasteiger partial charge < -0.3 is 19.9 Å². The molecule has 0 unspecified atom stereocenters. The molecule has 0 bridgehead atoms. The molecule has 1 saturated heterocycles. The van der Waals surface area contributed by atoms with Crippen LogP contribution < -0.4 is 15.1 Å². The van der Waals surface area contributed by atoms with Crippen LogP contribution in [-0.4, -0.2) is 56.8 Å². The number of fused-ring (bicyclic) bond motifs is 1. The molecular formula is C28H29ClFN7O3. The molecule has 1 aromatic carbocycles. The molecule has 2 amide bonds. The van der Waals surface area contributed by atoms with Gasteiger partial charge in [-0.1, -0.05) is 23.7 Å². The van der Waals surface area contributed by atoms with E-state index in [0.717, 1.165) is 23.1 Å². The molecule has 1 aliphatic heterocycles. The van der Waals surface area contributed by atoms with E-state index < -0.39 is 17.5 Å². The van der Waals surface area contributed by atoms with Gasteiger partial charge in [-0.15, -0.1) is 5.10 Å². The summed E-state index contributed by atoms with van der Waals surface area (Å²) in [7, 11) is 1.83. The van der Waals surface area contributed by atoms with Crippen molar-refractivity contribution < 1.29 is 18.7 Å². The average Bonchev–Trinajstić information content (AvgIpc) is 3.48. The van der Waals surface area contributed by atoms with Crippen LogP contribution in [0.5, 0.6) is 0 Å². The van der Waals surface area contributed by atoms with Gasteiger partial charge in [-0.3, -0.25) is 9.78 Å². The van der Waals surface area contributed by atoms with Crippen LogP contribution in [0.1, 0.15) is 32.8 Å². The molecule has 1 atom stereocenters. The van der Waals surface area contributed by atoms with Gasteiger partial charge >= 0.3 is 6.09 Å². The molecule has 0 radical (unpaired) electrons. The van der Waals surface area contributed by atoms with Crippen molar-refractivity contribution in [3.63, 3.8) is 0 Å². The van der Waals surface area contributed by atoms with E-state index in [-0.39, 0.29) is 23.4 Å². The minimum Gasteiger partial charge on any atom is -0.444 e. The lowest BCUT2D eigenvalue weighted by Crippen LogP contribution is -2.40. The van der Waals surface area contributed by atoms with Gasteiger partial charge in [-0.2, -0.15) is 0 Å². The van der Waals surface area contributed by atoms with E-state index in [9.17, 15) is 14.0 Å². The number of nitrogens with one attached hydrogen (secondary N) is 1. The van der Waals surface area contributed by atoms with Crippen LogP contribution in [0.4, 0.5) is 20.7 Å². The van der Waals surface area contributed by atoms with Crippen LogP contribution in [0, 0.1) is 5.82 Å². The normalized spacial score (nSPS) is 15.5. The highest BCUT2D eigenvalue weighted by atomic mass is 35.5. The van der Waals surface area contributed by atoms with Gasteiger partial charge in [0.2, 0.25) is 5.91 Å². The molecule has 3 aromatic heterocycles. The van der Waals surface area contributed by atoms with Gasteiger partial charge in [0.25, 0.3) is 0 Å². The maximum absolute atomic E-state index is 13.8. The molecule has 1 aliphatic rings. The molecule has 208 valence electrons. The second-order valence-corrected chi connectivity index (χ2v) is 11.0. The van der Waals surface area contributed by atoms with Crippen LogP contribution in [0.3, 0.4) is 0 Å². The summed E-state index contributed by atoms with van der Waals surface area (Å²) in [6.07, 6.45) is 4.01. The number of halogens is 2. The minimum absolute atomic E-state index is 0.0368. The third kappa shape index (κ3) is 5.84. The summed E-state index contributed by atoms with van der Waals surface area (Å²) in [6.45, 7) is 6.04. The molecule has 5 rings (SSSR count). The predicted octanol–water partition coefficient (Wildman–Crippen LogP) is 4.85. The number of nitrogens with zero attached hydrogens (tertiary/aromatic N) is 6. The second kappa shape index (κ2) is 10.7. The first-order valence-corrected chi connectivity index (χ1v) is 13.1. The van der Waals surface area contributed by atoms with Crippen molar-refractivity contribution in [3.8, 4) is 11.3 Å². The number of anilines is 2. The Morgan fingerprint density at radius 1 is 1.18 bits per heavy atom. The van der Waals surface area contributed by atoms with Crippen LogP contribution >= 0.6 is 11.6 Å². The number of benzene rings is 1. The fourth-order valence-electron chi connectivity index (χ4n) is 4.51. The summed E-state index contributed by atoms with van der Waals surface area (Å²) in [6, 6.07) is 10.9. The Labute approximate surface area is 235 Å². The highest BCUT2D eigenvalue weighted by Gasteiger charge is 2.32. The molecule has 10 nitrogen and oxygen atoms in total. The molecule has 1 N–H and O–H groups in total. The fraction of sp³-hybridized carbons (Fsp3) is 0.321. The number of alkyl carbamates (subject to hydrolysis) is 1. The van der Waals surface area contributed by atoms with Crippen LogP contribution in [-0.2, 0) is 16.1 Å². The molecule has 4 aromatic rings. The molecule has 4 heterocycles. The summed E-state index contributed by atoms with van der Waals surface area (Å²) in [5.41, 5.74) is 2.94. The molecule has 0 aliphatic carbocycles. The number of rotatable bonds is 6. The largest absolute Gasteiger partial charge is 0.444 e. The van der Waals surface area contributed by atoms with E-state index in [1.807, 2.05) is 48.3 Å². The van der Waals surface area contributed by atoms with Crippen molar-refractivity contribution in [1.29, 1.82) is 0 Å². The van der Waals surface area contributed by atoms with E-state index in [1.54, 1.807) is 36.4 Å². The van der Waals surface area contributed by atoms with Gasteiger partial charge in [0, 0.05) is 49.6 Å². The van der Waals surface area contributed by atoms with Crippen LogP contribution in [0.2, 0.25) is 5.02 Å². The fourth-order valence-corrected chi connectivity index (χ4v) is 4.67. The van der Waals surface area contributed by atoms with Gasteiger partial charge in [-0.05, 0) is 45.0 Å². The number of imidazole rings is 1. The highest BCUT2D eigenvalue weighted by molar-refractivity contribution is 6.31. The first-order chi connectivity index (χ1) is 19.0. The number of hydrogen-bond acceptors (Lipinski definition) is 7. The Balaban J connectivity index is 1.31. The van der Waals surface area contributed by atoms with Crippen molar-refractivity contribution in [2.45, 2.75) is 45.4 Å². The maximum atomic E-state index is 13.8. The first kappa shape index (κ1) is 27.3. The maximum Gasteiger partial charge on any atom is 0.407 e. The lowest BCUT2D eigenvalue weighted by atomic mass is 10.1. The van der Waals surface area contributed by atoms with E-state index in [2.05, 4.69) is 15.3 Å². The Kier molecular flexibility index (Phi) is 7.33. The number of amides is 2. The lowest BCUT2D eigenvalue weighted by Gasteiger charge is -2.22. The van der Waals surface area contributed by atoms with E-state index in [1.165, 1.54) is 6.20 Å². The van der Waals surface area contributed by atoms with E-state index in [4.69, 9.17) is 21.4 Å².